The zero-order chi connectivity index (χ0) is 22.7. The van der Waals surface area contributed by atoms with E-state index in [-0.39, 0.29) is 18.3 Å². The van der Waals surface area contributed by atoms with E-state index in [1.807, 2.05) is 30.3 Å². The average molecular weight is 530 g/mol. The van der Waals surface area contributed by atoms with Gasteiger partial charge in [0.2, 0.25) is 0 Å². The van der Waals surface area contributed by atoms with Gasteiger partial charge < -0.3 is 9.47 Å². The molecule has 0 saturated carbocycles. The lowest BCUT2D eigenvalue weighted by Crippen LogP contribution is -2.27. The molecule has 0 atom stereocenters. The molecule has 0 unspecified atom stereocenters. The number of hydrogen-bond acceptors (Lipinski definition) is 5. The van der Waals surface area contributed by atoms with Crippen LogP contribution in [0, 0.1) is 5.82 Å². The number of anilines is 1. The van der Waals surface area contributed by atoms with Crippen LogP contribution in [-0.4, -0.2) is 17.3 Å². The first-order valence-corrected chi connectivity index (χ1v) is 11.6. The molecular weight excluding hydrogens is 513 g/mol. The van der Waals surface area contributed by atoms with Gasteiger partial charge in [-0.1, -0.05) is 64.2 Å². The third kappa shape index (κ3) is 4.87. The molecule has 32 heavy (non-hydrogen) atoms. The van der Waals surface area contributed by atoms with E-state index in [4.69, 9.17) is 21.7 Å². The molecule has 4 nitrogen and oxygen atoms in total. The zero-order valence-corrected chi connectivity index (χ0v) is 20.1. The summed E-state index contributed by atoms with van der Waals surface area (Å²) < 4.78 is 26.4. The van der Waals surface area contributed by atoms with Crippen LogP contribution in [0.1, 0.15) is 11.1 Å². The van der Waals surface area contributed by atoms with Crippen molar-refractivity contribution in [2.75, 3.05) is 12.0 Å². The molecule has 1 heterocycles. The predicted molar refractivity (Wildman–Crippen MR) is 134 cm³/mol. The Bertz CT molecular complexity index is 1210. The molecule has 4 rings (SSSR count). The molecule has 1 aliphatic heterocycles. The van der Waals surface area contributed by atoms with E-state index in [1.54, 1.807) is 36.4 Å². The lowest BCUT2D eigenvalue weighted by Gasteiger charge is -2.14. The molecule has 0 aromatic heterocycles. The smallest absolute Gasteiger partial charge is 0.270 e. The fraction of sp³-hybridized carbons (Fsp3) is 0.0833. The molecule has 1 saturated heterocycles. The monoisotopic (exact) mass is 529 g/mol. The summed E-state index contributed by atoms with van der Waals surface area (Å²) in [6, 6.07) is 19.2. The summed E-state index contributed by atoms with van der Waals surface area (Å²) in [6.07, 6.45) is 1.77. The fourth-order valence-corrected chi connectivity index (χ4v) is 4.66. The highest BCUT2D eigenvalue weighted by atomic mass is 79.9. The molecule has 162 valence electrons. The van der Waals surface area contributed by atoms with Crippen molar-refractivity contribution < 1.29 is 18.7 Å². The predicted octanol–water partition coefficient (Wildman–Crippen LogP) is 6.58. The third-order valence-electron chi connectivity index (χ3n) is 4.70. The molecule has 8 heteroatoms. The van der Waals surface area contributed by atoms with E-state index in [0.717, 1.165) is 10.0 Å². The fourth-order valence-electron chi connectivity index (χ4n) is 3.10. The van der Waals surface area contributed by atoms with Crippen LogP contribution in [0.15, 0.2) is 76.1 Å². The molecular formula is C24H17BrFNO3S2. The van der Waals surface area contributed by atoms with Gasteiger partial charge in [-0.15, -0.1) is 0 Å². The summed E-state index contributed by atoms with van der Waals surface area (Å²) in [7, 11) is 1.53. The summed E-state index contributed by atoms with van der Waals surface area (Å²) in [5.41, 5.74) is 1.93. The molecule has 3 aromatic carbocycles. The third-order valence-corrected chi connectivity index (χ3v) is 6.54. The van der Waals surface area contributed by atoms with Gasteiger partial charge in [0, 0.05) is 10.0 Å². The maximum Gasteiger partial charge on any atom is 0.270 e. The minimum Gasteiger partial charge on any atom is -0.493 e. The van der Waals surface area contributed by atoms with Gasteiger partial charge in [-0.05, 0) is 54.1 Å². The number of nitrogens with zero attached hydrogens (tertiary/aromatic N) is 1. The molecule has 1 amide bonds. The van der Waals surface area contributed by atoms with Gasteiger partial charge in [0.25, 0.3) is 5.91 Å². The number of carbonyl (C=O) groups is 1. The molecule has 0 aliphatic carbocycles. The SMILES string of the molecule is COc1cc(/C=C2/SC(=S)N(c3ccc(Br)cc3)C2=O)ccc1OCc1ccccc1F. The maximum absolute atomic E-state index is 13.8. The number of methoxy groups -OCH3 is 1. The van der Waals surface area contributed by atoms with Gasteiger partial charge >= 0.3 is 0 Å². The topological polar surface area (TPSA) is 38.8 Å². The van der Waals surface area contributed by atoms with Gasteiger partial charge in [-0.25, -0.2) is 4.39 Å². The Morgan fingerprint density at radius 2 is 1.84 bits per heavy atom. The molecule has 1 aliphatic rings. The van der Waals surface area contributed by atoms with Crippen LogP contribution in [0.25, 0.3) is 6.08 Å². The largest absolute Gasteiger partial charge is 0.493 e. The van der Waals surface area contributed by atoms with Crippen LogP contribution in [-0.2, 0) is 11.4 Å². The van der Waals surface area contributed by atoms with Crippen LogP contribution in [0.4, 0.5) is 10.1 Å². The Morgan fingerprint density at radius 1 is 1.09 bits per heavy atom. The van der Waals surface area contributed by atoms with E-state index in [0.29, 0.717) is 32.0 Å². The highest BCUT2D eigenvalue weighted by Crippen LogP contribution is 2.37. The van der Waals surface area contributed by atoms with Crippen molar-refractivity contribution in [3.05, 3.63) is 93.1 Å². The van der Waals surface area contributed by atoms with Gasteiger partial charge in [-0.3, -0.25) is 9.69 Å². The van der Waals surface area contributed by atoms with Crippen LogP contribution in [0.2, 0.25) is 0 Å². The van der Waals surface area contributed by atoms with Crippen LogP contribution < -0.4 is 14.4 Å². The van der Waals surface area contributed by atoms with Gasteiger partial charge in [0.1, 0.15) is 12.4 Å². The summed E-state index contributed by atoms with van der Waals surface area (Å²) in [4.78, 5) is 15.0. The Labute approximate surface area is 203 Å². The number of benzene rings is 3. The molecule has 0 radical (unpaired) electrons. The number of rotatable bonds is 6. The number of carbonyl (C=O) groups excluding carboxylic acids is 1. The standard InChI is InChI=1S/C24H17BrFNO3S2/c1-29-21-12-15(6-11-20(21)30-14-16-4-2-3-5-19(16)26)13-22-23(28)27(24(31)32-22)18-9-7-17(25)8-10-18/h2-13H,14H2,1H3/b22-13+. The Balaban J connectivity index is 1.53. The van der Waals surface area contributed by atoms with Crippen LogP contribution in [0.3, 0.4) is 0 Å². The molecule has 0 bridgehead atoms. The molecule has 0 N–H and O–H groups in total. The highest BCUT2D eigenvalue weighted by molar-refractivity contribution is 9.10. The quantitative estimate of drug-likeness (QED) is 0.266. The maximum atomic E-state index is 13.8. The minimum atomic E-state index is -0.323. The van der Waals surface area contributed by atoms with Crippen LogP contribution >= 0.6 is 39.9 Å². The van der Waals surface area contributed by atoms with Crippen molar-refractivity contribution >= 4 is 61.9 Å². The number of ether oxygens (including phenoxy) is 2. The first-order valence-electron chi connectivity index (χ1n) is 9.54. The number of amides is 1. The summed E-state index contributed by atoms with van der Waals surface area (Å²) in [6.45, 7) is 0.0776. The minimum absolute atomic E-state index is 0.0776. The van der Waals surface area contributed by atoms with Crippen molar-refractivity contribution in [1.82, 2.24) is 0 Å². The van der Waals surface area contributed by atoms with Crippen LogP contribution in [0.5, 0.6) is 11.5 Å². The Hall–Kier alpha value is -2.68. The van der Waals surface area contributed by atoms with Crippen molar-refractivity contribution in [2.45, 2.75) is 6.61 Å². The average Bonchev–Trinajstić information content (AvgIpc) is 3.07. The van der Waals surface area contributed by atoms with Crippen molar-refractivity contribution in [1.29, 1.82) is 0 Å². The van der Waals surface area contributed by atoms with E-state index in [2.05, 4.69) is 15.9 Å². The van der Waals surface area contributed by atoms with E-state index < -0.39 is 0 Å². The summed E-state index contributed by atoms with van der Waals surface area (Å²) >= 11 is 10.1. The number of hydrogen-bond donors (Lipinski definition) is 0. The second-order valence-corrected chi connectivity index (χ2v) is 9.38. The van der Waals surface area contributed by atoms with E-state index in [9.17, 15) is 9.18 Å². The Morgan fingerprint density at radius 3 is 2.56 bits per heavy atom. The lowest BCUT2D eigenvalue weighted by atomic mass is 10.1. The summed E-state index contributed by atoms with van der Waals surface area (Å²) in [5, 5.41) is 0. The molecule has 0 spiro atoms. The first kappa shape index (κ1) is 22.5. The summed E-state index contributed by atoms with van der Waals surface area (Å²) in [5.74, 6) is 0.464. The molecule has 1 fully saturated rings. The number of thiocarbonyl (C=S) groups is 1. The van der Waals surface area contributed by atoms with Crippen molar-refractivity contribution in [3.8, 4) is 11.5 Å². The normalized spacial score (nSPS) is 14.8. The number of thioether (sulfide) groups is 1. The first-order chi connectivity index (χ1) is 15.5. The van der Waals surface area contributed by atoms with Gasteiger partial charge in [0.05, 0.1) is 17.7 Å². The second-order valence-electron chi connectivity index (χ2n) is 6.78. The molecule has 3 aromatic rings. The zero-order valence-electron chi connectivity index (χ0n) is 16.9. The van der Waals surface area contributed by atoms with Gasteiger partial charge in [0.15, 0.2) is 15.8 Å². The van der Waals surface area contributed by atoms with E-state index >= 15 is 0 Å². The Kier molecular flexibility index (Phi) is 6.93. The second kappa shape index (κ2) is 9.85. The van der Waals surface area contributed by atoms with Crippen molar-refractivity contribution in [3.63, 3.8) is 0 Å². The van der Waals surface area contributed by atoms with E-state index in [1.165, 1.54) is 29.8 Å². The lowest BCUT2D eigenvalue weighted by molar-refractivity contribution is -0.113. The van der Waals surface area contributed by atoms with Crippen molar-refractivity contribution in [2.24, 2.45) is 0 Å². The number of halogens is 2. The van der Waals surface area contributed by atoms with Gasteiger partial charge in [-0.2, -0.15) is 0 Å². The highest BCUT2D eigenvalue weighted by Gasteiger charge is 2.33.